The van der Waals surface area contributed by atoms with Crippen molar-refractivity contribution in [1.82, 2.24) is 14.5 Å². The molecule has 0 unspecified atom stereocenters. The molecule has 2 aromatic rings. The summed E-state index contributed by atoms with van der Waals surface area (Å²) in [5.41, 5.74) is -0.338. The van der Waals surface area contributed by atoms with E-state index in [2.05, 4.69) is 14.7 Å². The number of halogens is 3. The zero-order chi connectivity index (χ0) is 20.8. The number of aromatic nitrogens is 3. The summed E-state index contributed by atoms with van der Waals surface area (Å²) >= 11 is 0. The molecule has 0 saturated heterocycles. The molecule has 10 heteroatoms. The minimum atomic E-state index is -4.84. The van der Waals surface area contributed by atoms with Crippen LogP contribution in [-0.4, -0.2) is 20.9 Å². The summed E-state index contributed by atoms with van der Waals surface area (Å²) in [7, 11) is 0. The quantitative estimate of drug-likeness (QED) is 0.523. The lowest BCUT2D eigenvalue weighted by Gasteiger charge is -2.18. The van der Waals surface area contributed by atoms with Gasteiger partial charge in [0.1, 0.15) is 5.75 Å². The van der Waals surface area contributed by atoms with Gasteiger partial charge in [-0.05, 0) is 47.9 Å². The molecule has 2 heterocycles. The molecular weight excluding hydrogens is 389 g/mol. The fraction of sp³-hybridized carbons (Fsp3) is 0.0526. The lowest BCUT2D eigenvalue weighted by molar-refractivity contribution is -0.274. The highest BCUT2D eigenvalue weighted by atomic mass is 19.4. The van der Waals surface area contributed by atoms with Crippen LogP contribution in [0.15, 0.2) is 58.1 Å². The van der Waals surface area contributed by atoms with Gasteiger partial charge in [-0.2, -0.15) is 10.2 Å². The zero-order valence-corrected chi connectivity index (χ0v) is 14.3. The smallest absolute Gasteiger partial charge is 0.406 e. The number of alkyl halides is 3. The maximum absolute atomic E-state index is 12.4. The SMILES string of the molecule is N#Cc1ccc2cc3c(=O)[nH]c(=O)nc-3n(-c3ccc(OC(F)(F)F)cc3)c2c1. The molecule has 0 aliphatic carbocycles. The molecule has 0 radical (unpaired) electrons. The van der Waals surface area contributed by atoms with Crippen LogP contribution in [0, 0.1) is 11.3 Å². The van der Waals surface area contributed by atoms with Crippen LogP contribution in [0.25, 0.3) is 28.0 Å². The molecule has 2 aromatic carbocycles. The second-order valence-corrected chi connectivity index (χ2v) is 6.02. The number of hydrogen-bond acceptors (Lipinski definition) is 5. The number of H-pyrrole nitrogens is 1. The molecule has 0 spiro atoms. The Labute approximate surface area is 159 Å². The van der Waals surface area contributed by atoms with Gasteiger partial charge >= 0.3 is 12.1 Å². The van der Waals surface area contributed by atoms with Crippen molar-refractivity contribution in [2.75, 3.05) is 0 Å². The minimum Gasteiger partial charge on any atom is -0.406 e. The fourth-order valence-corrected chi connectivity index (χ4v) is 3.01. The molecule has 0 fully saturated rings. The average molecular weight is 398 g/mol. The third-order valence-electron chi connectivity index (χ3n) is 4.15. The van der Waals surface area contributed by atoms with Crippen LogP contribution >= 0.6 is 0 Å². The van der Waals surface area contributed by atoms with Crippen molar-refractivity contribution in [3.63, 3.8) is 0 Å². The van der Waals surface area contributed by atoms with E-state index in [-0.39, 0.29) is 11.4 Å². The number of benzene rings is 2. The number of rotatable bonds is 2. The molecule has 4 rings (SSSR count). The van der Waals surface area contributed by atoms with Crippen molar-refractivity contribution in [3.8, 4) is 28.9 Å². The Morgan fingerprint density at radius 3 is 2.45 bits per heavy atom. The number of ether oxygens (including phenoxy) is 1. The summed E-state index contributed by atoms with van der Waals surface area (Å²) in [4.78, 5) is 30.0. The Kier molecular flexibility index (Phi) is 4.08. The van der Waals surface area contributed by atoms with E-state index < -0.39 is 23.4 Å². The standard InChI is InChI=1S/C19H9F3N4O3/c20-19(21,22)29-13-5-3-12(4-6-13)26-15-7-10(9-23)1-2-11(15)8-14-16(26)24-18(28)25-17(14)27/h1-8H,(H,25,27,28). The molecule has 1 N–H and O–H groups in total. The fourth-order valence-electron chi connectivity index (χ4n) is 3.01. The first-order chi connectivity index (χ1) is 13.7. The van der Waals surface area contributed by atoms with Gasteiger partial charge in [0.05, 0.1) is 22.7 Å². The molecule has 2 aliphatic heterocycles. The first-order valence-electron chi connectivity index (χ1n) is 8.11. The first-order valence-corrected chi connectivity index (χ1v) is 8.11. The van der Waals surface area contributed by atoms with E-state index in [1.807, 2.05) is 6.07 Å². The van der Waals surface area contributed by atoms with Crippen molar-refractivity contribution in [3.05, 3.63) is 74.9 Å². The lowest BCUT2D eigenvalue weighted by Crippen LogP contribution is -2.27. The molecule has 144 valence electrons. The van der Waals surface area contributed by atoms with Crippen LogP contribution in [0.5, 0.6) is 5.75 Å². The monoisotopic (exact) mass is 398 g/mol. The molecule has 0 saturated carbocycles. The summed E-state index contributed by atoms with van der Waals surface area (Å²) in [5.74, 6) is -0.426. The van der Waals surface area contributed by atoms with Crippen LogP contribution in [0.4, 0.5) is 13.2 Å². The predicted octanol–water partition coefficient (Wildman–Crippen LogP) is 2.95. The Balaban J connectivity index is 2.03. The Morgan fingerprint density at radius 2 is 1.79 bits per heavy atom. The normalized spacial score (nSPS) is 11.5. The van der Waals surface area contributed by atoms with E-state index in [0.717, 1.165) is 12.1 Å². The summed E-state index contributed by atoms with van der Waals surface area (Å²) in [6.07, 6.45) is -4.84. The molecular formula is C19H9F3N4O3. The number of nitrogens with zero attached hydrogens (tertiary/aromatic N) is 3. The van der Waals surface area contributed by atoms with E-state index >= 15 is 0 Å². The van der Waals surface area contributed by atoms with Crippen LogP contribution in [0.1, 0.15) is 5.56 Å². The molecule has 0 amide bonds. The summed E-state index contributed by atoms with van der Waals surface area (Å²) in [5, 5.41) is 9.77. The van der Waals surface area contributed by atoms with Crippen LogP contribution in [0.3, 0.4) is 0 Å². The summed E-state index contributed by atoms with van der Waals surface area (Å²) in [6.45, 7) is 0. The van der Waals surface area contributed by atoms with E-state index in [4.69, 9.17) is 0 Å². The number of pyridine rings is 1. The van der Waals surface area contributed by atoms with Gasteiger partial charge in [0.25, 0.3) is 5.56 Å². The Hall–Kier alpha value is -4.13. The van der Waals surface area contributed by atoms with Gasteiger partial charge < -0.3 is 4.74 Å². The van der Waals surface area contributed by atoms with Gasteiger partial charge in [-0.1, -0.05) is 6.07 Å². The van der Waals surface area contributed by atoms with Gasteiger partial charge in [-0.15, -0.1) is 13.2 Å². The number of fused-ring (bicyclic) bond motifs is 2. The summed E-state index contributed by atoms with van der Waals surface area (Å²) < 4.78 is 42.5. The van der Waals surface area contributed by atoms with Crippen molar-refractivity contribution in [2.45, 2.75) is 6.36 Å². The topological polar surface area (TPSA) is 101 Å². The van der Waals surface area contributed by atoms with Crippen LogP contribution in [0.2, 0.25) is 0 Å². The van der Waals surface area contributed by atoms with Gasteiger partial charge in [-0.3, -0.25) is 14.3 Å². The molecule has 0 atom stereocenters. The Bertz CT molecular complexity index is 1370. The van der Waals surface area contributed by atoms with E-state index in [1.54, 1.807) is 12.1 Å². The maximum Gasteiger partial charge on any atom is 0.573 e. The molecule has 0 bridgehead atoms. The number of aromatic amines is 1. The highest BCUT2D eigenvalue weighted by Gasteiger charge is 2.31. The highest BCUT2D eigenvalue weighted by Crippen LogP contribution is 2.30. The van der Waals surface area contributed by atoms with E-state index in [1.165, 1.54) is 28.8 Å². The summed E-state index contributed by atoms with van der Waals surface area (Å²) in [6, 6.07) is 13.1. The number of nitriles is 1. The minimum absolute atomic E-state index is 0.00540. The van der Waals surface area contributed by atoms with Gasteiger partial charge in [-0.25, -0.2) is 4.79 Å². The zero-order valence-electron chi connectivity index (χ0n) is 14.3. The van der Waals surface area contributed by atoms with Gasteiger partial charge in [0.2, 0.25) is 0 Å². The first kappa shape index (κ1) is 18.2. The average Bonchev–Trinajstić information content (AvgIpc) is 2.66. The van der Waals surface area contributed by atoms with Gasteiger partial charge in [0, 0.05) is 5.69 Å². The molecule has 29 heavy (non-hydrogen) atoms. The predicted molar refractivity (Wildman–Crippen MR) is 96.0 cm³/mol. The van der Waals surface area contributed by atoms with Crippen LogP contribution in [-0.2, 0) is 0 Å². The van der Waals surface area contributed by atoms with E-state index in [9.17, 15) is 28.0 Å². The van der Waals surface area contributed by atoms with Crippen LogP contribution < -0.4 is 16.0 Å². The Morgan fingerprint density at radius 1 is 1.07 bits per heavy atom. The lowest BCUT2D eigenvalue weighted by atomic mass is 10.1. The third kappa shape index (κ3) is 3.41. The molecule has 2 aliphatic rings. The largest absolute Gasteiger partial charge is 0.573 e. The highest BCUT2D eigenvalue weighted by molar-refractivity contribution is 5.88. The third-order valence-corrected chi connectivity index (χ3v) is 4.15. The van der Waals surface area contributed by atoms with Crippen molar-refractivity contribution < 1.29 is 17.9 Å². The van der Waals surface area contributed by atoms with Crippen molar-refractivity contribution in [2.24, 2.45) is 0 Å². The maximum atomic E-state index is 12.4. The van der Waals surface area contributed by atoms with Crippen molar-refractivity contribution in [1.29, 1.82) is 5.26 Å². The van der Waals surface area contributed by atoms with Gasteiger partial charge in [0.15, 0.2) is 5.82 Å². The molecule has 0 aromatic heterocycles. The number of nitrogens with one attached hydrogen (secondary N) is 1. The number of hydrogen-bond donors (Lipinski definition) is 1. The van der Waals surface area contributed by atoms with E-state index in [0.29, 0.717) is 22.2 Å². The second-order valence-electron chi connectivity index (χ2n) is 6.02. The van der Waals surface area contributed by atoms with Crippen molar-refractivity contribution >= 4 is 10.9 Å². The second kappa shape index (κ2) is 6.49. The molecule has 7 nitrogen and oxygen atoms in total.